The molecule has 0 radical (unpaired) electrons. The Labute approximate surface area is 104 Å². The quantitative estimate of drug-likeness (QED) is 0.795. The van der Waals surface area contributed by atoms with Crippen LogP contribution in [0, 0.1) is 0 Å². The minimum Gasteiger partial charge on any atom is -0.392 e. The summed E-state index contributed by atoms with van der Waals surface area (Å²) < 4.78 is 0. The molecule has 0 aromatic carbocycles. The molecule has 4 nitrogen and oxygen atoms in total. The van der Waals surface area contributed by atoms with Gasteiger partial charge in [-0.1, -0.05) is 0 Å². The highest BCUT2D eigenvalue weighted by atomic mass is 16.3. The summed E-state index contributed by atoms with van der Waals surface area (Å²) in [5.41, 5.74) is 0. The third-order valence-electron chi connectivity index (χ3n) is 4.00. The fraction of sp³-hybridized carbons (Fsp3) is 0.923. The van der Waals surface area contributed by atoms with Gasteiger partial charge in [0.2, 0.25) is 5.91 Å². The van der Waals surface area contributed by atoms with Crippen molar-refractivity contribution < 1.29 is 9.90 Å². The van der Waals surface area contributed by atoms with Gasteiger partial charge in [-0.25, -0.2) is 0 Å². The summed E-state index contributed by atoms with van der Waals surface area (Å²) in [5.74, 6) is 0.287. The second kappa shape index (κ2) is 5.83. The van der Waals surface area contributed by atoms with Gasteiger partial charge in [0.25, 0.3) is 0 Å². The average molecular weight is 240 g/mol. The summed E-state index contributed by atoms with van der Waals surface area (Å²) in [7, 11) is 0. The van der Waals surface area contributed by atoms with Crippen LogP contribution in [0.4, 0.5) is 0 Å². The molecule has 2 rings (SSSR count). The van der Waals surface area contributed by atoms with Crippen LogP contribution in [0.15, 0.2) is 0 Å². The van der Waals surface area contributed by atoms with Gasteiger partial charge in [0.1, 0.15) is 0 Å². The molecule has 0 spiro atoms. The van der Waals surface area contributed by atoms with Gasteiger partial charge >= 0.3 is 0 Å². The van der Waals surface area contributed by atoms with Crippen molar-refractivity contribution in [3.8, 4) is 0 Å². The number of β-amino-alcohol motifs (C(OH)–C–C–N with tert-alkyl or cyclic N) is 1. The number of carbonyl (C=O) groups excluding carboxylic acids is 1. The van der Waals surface area contributed by atoms with Crippen LogP contribution in [0.25, 0.3) is 0 Å². The summed E-state index contributed by atoms with van der Waals surface area (Å²) in [4.78, 5) is 16.2. The first-order valence-corrected chi connectivity index (χ1v) is 6.86. The Balaban J connectivity index is 1.72. The van der Waals surface area contributed by atoms with Crippen molar-refractivity contribution in [2.45, 2.75) is 51.2 Å². The number of likely N-dealkylation sites (tertiary alicyclic amines) is 2. The number of carbonyl (C=O) groups is 1. The Bertz CT molecular complexity index is 270. The van der Waals surface area contributed by atoms with Gasteiger partial charge in [0.05, 0.1) is 6.10 Å². The number of hydrogen-bond acceptors (Lipinski definition) is 3. The molecule has 2 fully saturated rings. The van der Waals surface area contributed by atoms with E-state index in [0.29, 0.717) is 12.5 Å². The number of aliphatic hydroxyl groups is 1. The number of piperidine rings is 1. The van der Waals surface area contributed by atoms with Crippen LogP contribution in [0.5, 0.6) is 0 Å². The van der Waals surface area contributed by atoms with Gasteiger partial charge in [0, 0.05) is 32.1 Å². The second-order valence-electron chi connectivity index (χ2n) is 5.43. The highest BCUT2D eigenvalue weighted by molar-refractivity contribution is 5.77. The van der Waals surface area contributed by atoms with Crippen LogP contribution < -0.4 is 0 Å². The highest BCUT2D eigenvalue weighted by Crippen LogP contribution is 2.18. The fourth-order valence-corrected chi connectivity index (χ4v) is 2.94. The zero-order valence-corrected chi connectivity index (χ0v) is 10.8. The SMILES string of the molecule is CC1CCCN1C(=O)CCN1CCCC(O)C1. The zero-order valence-electron chi connectivity index (χ0n) is 10.8. The first-order chi connectivity index (χ1) is 8.16. The Morgan fingerprint density at radius 2 is 2.06 bits per heavy atom. The minimum atomic E-state index is -0.190. The van der Waals surface area contributed by atoms with Crippen molar-refractivity contribution >= 4 is 5.91 Å². The molecule has 17 heavy (non-hydrogen) atoms. The fourth-order valence-electron chi connectivity index (χ4n) is 2.94. The summed E-state index contributed by atoms with van der Waals surface area (Å²) in [6.07, 6.45) is 4.67. The van der Waals surface area contributed by atoms with E-state index in [1.54, 1.807) is 0 Å². The van der Waals surface area contributed by atoms with Crippen molar-refractivity contribution in [1.82, 2.24) is 9.80 Å². The molecule has 0 aromatic heterocycles. The van der Waals surface area contributed by atoms with E-state index in [4.69, 9.17) is 0 Å². The van der Waals surface area contributed by atoms with Crippen molar-refractivity contribution in [3.63, 3.8) is 0 Å². The van der Waals surface area contributed by atoms with E-state index in [1.807, 2.05) is 4.90 Å². The van der Waals surface area contributed by atoms with Gasteiger partial charge in [-0.2, -0.15) is 0 Å². The monoisotopic (exact) mass is 240 g/mol. The lowest BCUT2D eigenvalue weighted by atomic mass is 10.1. The maximum atomic E-state index is 12.0. The summed E-state index contributed by atoms with van der Waals surface area (Å²) in [6.45, 7) is 5.64. The molecule has 1 amide bonds. The molecule has 98 valence electrons. The van der Waals surface area contributed by atoms with E-state index < -0.39 is 0 Å². The summed E-state index contributed by atoms with van der Waals surface area (Å²) in [6, 6.07) is 0.425. The van der Waals surface area contributed by atoms with E-state index in [1.165, 1.54) is 0 Å². The standard InChI is InChI=1S/C13H24N2O2/c1-11-4-2-8-15(11)13(17)6-9-14-7-3-5-12(16)10-14/h11-12,16H,2-10H2,1H3. The van der Waals surface area contributed by atoms with Gasteiger partial charge in [-0.05, 0) is 39.2 Å². The molecule has 0 aromatic rings. The van der Waals surface area contributed by atoms with Crippen LogP contribution in [-0.4, -0.2) is 59.1 Å². The van der Waals surface area contributed by atoms with Crippen molar-refractivity contribution in [1.29, 1.82) is 0 Å². The molecule has 0 saturated carbocycles. The smallest absolute Gasteiger partial charge is 0.224 e. The number of aliphatic hydroxyl groups excluding tert-OH is 1. The molecule has 0 bridgehead atoms. The first kappa shape index (κ1) is 12.8. The van der Waals surface area contributed by atoms with Gasteiger partial charge in [0.15, 0.2) is 0 Å². The van der Waals surface area contributed by atoms with Crippen LogP contribution in [0.2, 0.25) is 0 Å². The van der Waals surface area contributed by atoms with Gasteiger partial charge in [-0.3, -0.25) is 4.79 Å². The van der Waals surface area contributed by atoms with Crippen LogP contribution >= 0.6 is 0 Å². The maximum Gasteiger partial charge on any atom is 0.224 e. The van der Waals surface area contributed by atoms with Gasteiger partial charge < -0.3 is 14.9 Å². The Kier molecular flexibility index (Phi) is 4.40. The predicted octanol–water partition coefficient (Wildman–Crippen LogP) is 0.844. The molecule has 2 saturated heterocycles. The van der Waals surface area contributed by atoms with Gasteiger partial charge in [-0.15, -0.1) is 0 Å². The lowest BCUT2D eigenvalue weighted by Crippen LogP contribution is -2.41. The minimum absolute atomic E-state index is 0.190. The van der Waals surface area contributed by atoms with E-state index in [2.05, 4.69) is 11.8 Å². The summed E-state index contributed by atoms with van der Waals surface area (Å²) in [5, 5.41) is 9.56. The molecule has 2 aliphatic heterocycles. The largest absolute Gasteiger partial charge is 0.392 e. The summed E-state index contributed by atoms with van der Waals surface area (Å²) >= 11 is 0. The average Bonchev–Trinajstić information content (AvgIpc) is 2.72. The van der Waals surface area contributed by atoms with E-state index in [0.717, 1.165) is 51.9 Å². The molecule has 2 unspecified atom stereocenters. The van der Waals surface area contributed by atoms with Crippen LogP contribution in [0.1, 0.15) is 39.0 Å². The van der Waals surface area contributed by atoms with Crippen LogP contribution in [0.3, 0.4) is 0 Å². The van der Waals surface area contributed by atoms with Crippen molar-refractivity contribution in [3.05, 3.63) is 0 Å². The third-order valence-corrected chi connectivity index (χ3v) is 4.00. The molecule has 2 aliphatic rings. The second-order valence-corrected chi connectivity index (χ2v) is 5.43. The zero-order chi connectivity index (χ0) is 12.3. The normalized spacial score (nSPS) is 30.8. The molecule has 2 heterocycles. The number of hydrogen-bond donors (Lipinski definition) is 1. The molecule has 4 heteroatoms. The van der Waals surface area contributed by atoms with Crippen molar-refractivity contribution in [2.75, 3.05) is 26.2 Å². The molecule has 0 aliphatic carbocycles. The van der Waals surface area contributed by atoms with E-state index >= 15 is 0 Å². The Morgan fingerprint density at radius 1 is 1.29 bits per heavy atom. The lowest BCUT2D eigenvalue weighted by molar-refractivity contribution is -0.132. The number of amides is 1. The Morgan fingerprint density at radius 3 is 2.71 bits per heavy atom. The molecule has 1 N–H and O–H groups in total. The number of rotatable bonds is 3. The van der Waals surface area contributed by atoms with Crippen molar-refractivity contribution in [2.24, 2.45) is 0 Å². The molecular formula is C13H24N2O2. The Hall–Kier alpha value is -0.610. The van der Waals surface area contributed by atoms with E-state index in [9.17, 15) is 9.90 Å². The predicted molar refractivity (Wildman–Crippen MR) is 66.7 cm³/mol. The highest BCUT2D eigenvalue weighted by Gasteiger charge is 2.25. The first-order valence-electron chi connectivity index (χ1n) is 6.86. The van der Waals surface area contributed by atoms with Crippen LogP contribution in [-0.2, 0) is 4.79 Å². The third kappa shape index (κ3) is 3.42. The maximum absolute atomic E-state index is 12.0. The topological polar surface area (TPSA) is 43.8 Å². The number of nitrogens with zero attached hydrogens (tertiary/aromatic N) is 2. The molecular weight excluding hydrogens is 216 g/mol. The molecule has 2 atom stereocenters. The van der Waals surface area contributed by atoms with E-state index in [-0.39, 0.29) is 12.0 Å². The lowest BCUT2D eigenvalue weighted by Gasteiger charge is -2.30.